The van der Waals surface area contributed by atoms with Crippen LogP contribution in [-0.4, -0.2) is 13.2 Å². The van der Waals surface area contributed by atoms with E-state index in [1.54, 1.807) is 7.11 Å². The van der Waals surface area contributed by atoms with Gasteiger partial charge in [-0.15, -0.1) is 0 Å². The molecule has 0 aromatic heterocycles. The normalized spacial score (nSPS) is 11.7. The second kappa shape index (κ2) is 10.1. The number of anilines is 1. The molecule has 0 radical (unpaired) electrons. The van der Waals surface area contributed by atoms with E-state index in [-0.39, 0.29) is 6.04 Å². The summed E-state index contributed by atoms with van der Waals surface area (Å²) in [5.41, 5.74) is 2.05. The molecule has 3 nitrogen and oxygen atoms in total. The number of benzene rings is 1. The van der Waals surface area contributed by atoms with Crippen molar-refractivity contribution in [1.82, 2.24) is 0 Å². The van der Waals surface area contributed by atoms with Crippen LogP contribution in [0.25, 0.3) is 0 Å². The zero-order valence-electron chi connectivity index (χ0n) is 13.6. The van der Waals surface area contributed by atoms with Gasteiger partial charge in [0, 0.05) is 0 Å². The average Bonchev–Trinajstić information content (AvgIpc) is 2.50. The maximum atomic E-state index is 9.33. The molecular formula is C18H28N2O. The summed E-state index contributed by atoms with van der Waals surface area (Å²) in [7, 11) is 1.66. The standard InChI is InChI=1S/C18H28N2O/c1-4-5-6-7-8-9-12-16(14-19)20-18-15(2)11-10-13-17(18)21-3/h10-11,13,16,20H,4-9,12H2,1-3H3/t16-/m1/s1. The van der Waals surface area contributed by atoms with Crippen molar-refractivity contribution in [2.45, 2.75) is 64.8 Å². The molecule has 1 rings (SSSR count). The van der Waals surface area contributed by atoms with Crippen molar-refractivity contribution >= 4 is 5.69 Å². The molecule has 0 spiro atoms. The maximum Gasteiger partial charge on any atom is 0.142 e. The number of nitrogens with zero attached hydrogens (tertiary/aromatic N) is 1. The molecule has 0 saturated carbocycles. The number of ether oxygens (including phenoxy) is 1. The Balaban J connectivity index is 2.46. The first-order valence-electron chi connectivity index (χ1n) is 8.02. The fraction of sp³-hybridized carbons (Fsp3) is 0.611. The zero-order chi connectivity index (χ0) is 15.5. The molecule has 1 atom stereocenters. The smallest absolute Gasteiger partial charge is 0.142 e. The van der Waals surface area contributed by atoms with Crippen LogP contribution < -0.4 is 10.1 Å². The molecule has 0 heterocycles. The van der Waals surface area contributed by atoms with E-state index >= 15 is 0 Å². The summed E-state index contributed by atoms with van der Waals surface area (Å²) in [6, 6.07) is 8.14. The van der Waals surface area contributed by atoms with Gasteiger partial charge in [-0.25, -0.2) is 0 Å². The first-order chi connectivity index (χ1) is 10.2. The lowest BCUT2D eigenvalue weighted by Gasteiger charge is -2.17. The third-order valence-corrected chi connectivity index (χ3v) is 3.78. The highest BCUT2D eigenvalue weighted by Crippen LogP contribution is 2.28. The second-order valence-electron chi connectivity index (χ2n) is 5.53. The van der Waals surface area contributed by atoms with Gasteiger partial charge in [-0.1, -0.05) is 57.6 Å². The van der Waals surface area contributed by atoms with Crippen molar-refractivity contribution in [1.29, 1.82) is 5.26 Å². The summed E-state index contributed by atoms with van der Waals surface area (Å²) in [6.45, 7) is 4.26. The highest BCUT2D eigenvalue weighted by atomic mass is 16.5. The molecule has 0 saturated heterocycles. The molecule has 3 heteroatoms. The number of para-hydroxylation sites is 1. The van der Waals surface area contributed by atoms with Crippen molar-refractivity contribution < 1.29 is 4.74 Å². The van der Waals surface area contributed by atoms with Crippen LogP contribution in [0.3, 0.4) is 0 Å². The molecule has 1 aromatic carbocycles. The predicted octanol–water partition coefficient (Wildman–Crippen LogP) is 5.06. The van der Waals surface area contributed by atoms with E-state index < -0.39 is 0 Å². The van der Waals surface area contributed by atoms with E-state index in [1.165, 1.54) is 32.1 Å². The van der Waals surface area contributed by atoms with Crippen LogP contribution in [0, 0.1) is 18.3 Å². The molecule has 116 valence electrons. The van der Waals surface area contributed by atoms with Gasteiger partial charge in [-0.05, 0) is 25.0 Å². The molecule has 0 fully saturated rings. The number of nitrogens with one attached hydrogen (secondary N) is 1. The van der Waals surface area contributed by atoms with Crippen LogP contribution >= 0.6 is 0 Å². The molecule has 21 heavy (non-hydrogen) atoms. The Morgan fingerprint density at radius 1 is 1.19 bits per heavy atom. The largest absolute Gasteiger partial charge is 0.495 e. The van der Waals surface area contributed by atoms with E-state index in [9.17, 15) is 5.26 Å². The van der Waals surface area contributed by atoms with Crippen LogP contribution in [0.4, 0.5) is 5.69 Å². The van der Waals surface area contributed by atoms with Gasteiger partial charge in [0.2, 0.25) is 0 Å². The summed E-state index contributed by atoms with van der Waals surface area (Å²) < 4.78 is 5.37. The first-order valence-corrected chi connectivity index (χ1v) is 8.02. The minimum atomic E-state index is -0.147. The molecular weight excluding hydrogens is 260 g/mol. The molecule has 0 amide bonds. The number of unbranched alkanes of at least 4 members (excludes halogenated alkanes) is 5. The Bertz CT molecular complexity index is 451. The number of aryl methyl sites for hydroxylation is 1. The minimum absolute atomic E-state index is 0.147. The molecule has 0 aliphatic heterocycles. The molecule has 1 N–H and O–H groups in total. The van der Waals surface area contributed by atoms with E-state index in [1.807, 2.05) is 25.1 Å². The van der Waals surface area contributed by atoms with Crippen LogP contribution in [0.1, 0.15) is 57.4 Å². The lowest BCUT2D eigenvalue weighted by Crippen LogP contribution is -2.18. The number of rotatable bonds is 10. The van der Waals surface area contributed by atoms with Crippen molar-refractivity contribution in [3.63, 3.8) is 0 Å². The summed E-state index contributed by atoms with van der Waals surface area (Å²) in [5.74, 6) is 0.804. The van der Waals surface area contributed by atoms with Crippen molar-refractivity contribution in [3.05, 3.63) is 23.8 Å². The fourth-order valence-electron chi connectivity index (χ4n) is 2.47. The molecule has 0 bridgehead atoms. The number of hydrogen-bond donors (Lipinski definition) is 1. The first kappa shape index (κ1) is 17.4. The lowest BCUT2D eigenvalue weighted by molar-refractivity contribution is 0.415. The Labute approximate surface area is 129 Å². The van der Waals surface area contributed by atoms with Crippen LogP contribution in [0.5, 0.6) is 5.75 Å². The Hall–Kier alpha value is -1.69. The Morgan fingerprint density at radius 3 is 2.57 bits per heavy atom. The third kappa shape index (κ3) is 6.08. The summed E-state index contributed by atoms with van der Waals surface area (Å²) in [4.78, 5) is 0. The lowest BCUT2D eigenvalue weighted by atomic mass is 10.1. The van der Waals surface area contributed by atoms with Gasteiger partial charge >= 0.3 is 0 Å². The van der Waals surface area contributed by atoms with E-state index in [0.29, 0.717) is 0 Å². The van der Waals surface area contributed by atoms with Crippen molar-refractivity contribution in [2.24, 2.45) is 0 Å². The fourth-order valence-corrected chi connectivity index (χ4v) is 2.47. The zero-order valence-corrected chi connectivity index (χ0v) is 13.6. The van der Waals surface area contributed by atoms with Gasteiger partial charge < -0.3 is 10.1 Å². The van der Waals surface area contributed by atoms with E-state index in [4.69, 9.17) is 4.74 Å². The number of nitriles is 1. The van der Waals surface area contributed by atoms with Crippen molar-refractivity contribution in [2.75, 3.05) is 12.4 Å². The quantitative estimate of drug-likeness (QED) is 0.612. The molecule has 0 aliphatic carbocycles. The summed E-state index contributed by atoms with van der Waals surface area (Å²) >= 11 is 0. The summed E-state index contributed by atoms with van der Waals surface area (Å²) in [5, 5.41) is 12.7. The van der Waals surface area contributed by atoms with Crippen LogP contribution in [0.15, 0.2) is 18.2 Å². The van der Waals surface area contributed by atoms with Crippen LogP contribution in [-0.2, 0) is 0 Å². The minimum Gasteiger partial charge on any atom is -0.495 e. The average molecular weight is 288 g/mol. The van der Waals surface area contributed by atoms with E-state index in [2.05, 4.69) is 18.3 Å². The maximum absolute atomic E-state index is 9.33. The number of methoxy groups -OCH3 is 1. The van der Waals surface area contributed by atoms with Crippen molar-refractivity contribution in [3.8, 4) is 11.8 Å². The van der Waals surface area contributed by atoms with Gasteiger partial charge in [0.05, 0.1) is 18.9 Å². The SMILES string of the molecule is CCCCCCCC[C@H](C#N)Nc1c(C)cccc1OC. The number of hydrogen-bond acceptors (Lipinski definition) is 3. The van der Waals surface area contributed by atoms with Gasteiger partial charge in [0.1, 0.15) is 11.8 Å². The van der Waals surface area contributed by atoms with Crippen LogP contribution in [0.2, 0.25) is 0 Å². The molecule has 0 unspecified atom stereocenters. The second-order valence-corrected chi connectivity index (χ2v) is 5.53. The molecule has 0 aliphatic rings. The Kier molecular flexibility index (Phi) is 8.35. The van der Waals surface area contributed by atoms with Gasteiger partial charge in [0.15, 0.2) is 0 Å². The monoisotopic (exact) mass is 288 g/mol. The highest BCUT2D eigenvalue weighted by molar-refractivity contribution is 5.62. The third-order valence-electron chi connectivity index (χ3n) is 3.78. The predicted molar refractivity (Wildman–Crippen MR) is 88.7 cm³/mol. The van der Waals surface area contributed by atoms with Gasteiger partial charge in [0.25, 0.3) is 0 Å². The van der Waals surface area contributed by atoms with E-state index in [0.717, 1.165) is 29.8 Å². The Morgan fingerprint density at radius 2 is 1.90 bits per heavy atom. The topological polar surface area (TPSA) is 45.0 Å². The highest BCUT2D eigenvalue weighted by Gasteiger charge is 2.12. The molecule has 1 aromatic rings. The van der Waals surface area contributed by atoms with Gasteiger partial charge in [-0.3, -0.25) is 0 Å². The van der Waals surface area contributed by atoms with Gasteiger partial charge in [-0.2, -0.15) is 5.26 Å². The summed E-state index contributed by atoms with van der Waals surface area (Å²) in [6.07, 6.45) is 8.39.